The van der Waals surface area contributed by atoms with Crippen LogP contribution in [0.5, 0.6) is 0 Å². The molecule has 28 heavy (non-hydrogen) atoms. The summed E-state index contributed by atoms with van der Waals surface area (Å²) < 4.78 is 5.60. The molecule has 3 aromatic rings. The van der Waals surface area contributed by atoms with Gasteiger partial charge in [-0.2, -0.15) is 0 Å². The minimum absolute atomic E-state index is 0.137. The van der Waals surface area contributed by atoms with Crippen LogP contribution in [0.3, 0.4) is 0 Å². The number of rotatable bonds is 6. The predicted molar refractivity (Wildman–Crippen MR) is 112 cm³/mol. The highest BCUT2D eigenvalue weighted by Crippen LogP contribution is 2.25. The molecule has 4 heteroatoms. The lowest BCUT2D eigenvalue weighted by atomic mass is 9.99. The summed E-state index contributed by atoms with van der Waals surface area (Å²) in [5.41, 5.74) is 4.60. The molecule has 1 aliphatic rings. The summed E-state index contributed by atoms with van der Waals surface area (Å²) in [6, 6.07) is 28.6. The van der Waals surface area contributed by atoms with Gasteiger partial charge < -0.3 is 4.74 Å². The average Bonchev–Trinajstić information content (AvgIpc) is 3.09. The molecule has 0 N–H and O–H groups in total. The second-order valence-electron chi connectivity index (χ2n) is 7.17. The molecule has 0 radical (unpaired) electrons. The first-order valence-corrected chi connectivity index (χ1v) is 9.56. The Morgan fingerprint density at radius 3 is 2.32 bits per heavy atom. The number of hydrogen-bond acceptors (Lipinski definition) is 3. The number of anilines is 1. The number of cyclic esters (lactones) is 1. The second kappa shape index (κ2) is 8.28. The summed E-state index contributed by atoms with van der Waals surface area (Å²) in [7, 11) is 2.07. The van der Waals surface area contributed by atoms with Crippen LogP contribution in [0.2, 0.25) is 0 Å². The van der Waals surface area contributed by atoms with E-state index in [1.54, 1.807) is 4.90 Å². The van der Waals surface area contributed by atoms with Crippen LogP contribution in [0.15, 0.2) is 84.9 Å². The van der Waals surface area contributed by atoms with E-state index in [1.165, 1.54) is 16.7 Å². The van der Waals surface area contributed by atoms with Crippen molar-refractivity contribution in [1.29, 1.82) is 0 Å². The molecule has 1 aliphatic heterocycles. The van der Waals surface area contributed by atoms with Gasteiger partial charge in [0, 0.05) is 18.8 Å². The molecule has 0 aromatic heterocycles. The standard InChI is InChI=1S/C24H24N2O2/c1-25(16-20-12-8-9-15-23(20)19-10-4-2-5-11-19)17-22-18-26(24(27)28-22)21-13-6-3-7-14-21/h2-15,22H,16-18H2,1H3. The fourth-order valence-electron chi connectivity index (χ4n) is 3.70. The van der Waals surface area contributed by atoms with Gasteiger partial charge in [-0.15, -0.1) is 0 Å². The van der Waals surface area contributed by atoms with E-state index in [2.05, 4.69) is 60.5 Å². The maximum absolute atomic E-state index is 12.2. The molecule has 1 fully saturated rings. The van der Waals surface area contributed by atoms with E-state index in [-0.39, 0.29) is 12.2 Å². The molecule has 142 valence electrons. The van der Waals surface area contributed by atoms with Gasteiger partial charge in [0.1, 0.15) is 6.10 Å². The molecule has 1 saturated heterocycles. The minimum atomic E-state index is -0.269. The lowest BCUT2D eigenvalue weighted by Gasteiger charge is -2.21. The first-order chi connectivity index (χ1) is 13.7. The van der Waals surface area contributed by atoms with Crippen molar-refractivity contribution < 1.29 is 9.53 Å². The molecule has 1 heterocycles. The van der Waals surface area contributed by atoms with E-state index < -0.39 is 0 Å². The Labute approximate surface area is 166 Å². The minimum Gasteiger partial charge on any atom is -0.443 e. The van der Waals surface area contributed by atoms with Crippen LogP contribution in [0, 0.1) is 0 Å². The summed E-state index contributed by atoms with van der Waals surface area (Å²) in [6.45, 7) is 2.07. The summed E-state index contributed by atoms with van der Waals surface area (Å²) >= 11 is 0. The Morgan fingerprint density at radius 2 is 1.57 bits per heavy atom. The Balaban J connectivity index is 1.42. The Morgan fingerprint density at radius 1 is 0.929 bits per heavy atom. The predicted octanol–water partition coefficient (Wildman–Crippen LogP) is 4.81. The molecule has 0 bridgehead atoms. The van der Waals surface area contributed by atoms with Crippen molar-refractivity contribution >= 4 is 11.8 Å². The van der Waals surface area contributed by atoms with Crippen molar-refractivity contribution in [1.82, 2.24) is 4.90 Å². The third-order valence-electron chi connectivity index (χ3n) is 5.00. The molecular weight excluding hydrogens is 348 g/mol. The van der Waals surface area contributed by atoms with Crippen molar-refractivity contribution in [3.8, 4) is 11.1 Å². The highest BCUT2D eigenvalue weighted by atomic mass is 16.6. The number of para-hydroxylation sites is 1. The smallest absolute Gasteiger partial charge is 0.414 e. The molecule has 0 saturated carbocycles. The van der Waals surface area contributed by atoms with Crippen LogP contribution in [0.4, 0.5) is 10.5 Å². The van der Waals surface area contributed by atoms with Gasteiger partial charge in [0.2, 0.25) is 0 Å². The number of hydrogen-bond donors (Lipinski definition) is 0. The lowest BCUT2D eigenvalue weighted by molar-refractivity contribution is 0.115. The zero-order valence-electron chi connectivity index (χ0n) is 16.0. The Bertz CT molecular complexity index is 928. The van der Waals surface area contributed by atoms with Gasteiger partial charge in [0.15, 0.2) is 0 Å². The Hall–Kier alpha value is -3.11. The summed E-state index contributed by atoms with van der Waals surface area (Å²) in [6.07, 6.45) is -0.407. The van der Waals surface area contributed by atoms with E-state index >= 15 is 0 Å². The van der Waals surface area contributed by atoms with E-state index in [1.807, 2.05) is 36.4 Å². The Kier molecular flexibility index (Phi) is 5.40. The third kappa shape index (κ3) is 4.07. The molecule has 1 atom stereocenters. The maximum atomic E-state index is 12.2. The van der Waals surface area contributed by atoms with Crippen LogP contribution >= 0.6 is 0 Å². The normalized spacial score (nSPS) is 16.4. The van der Waals surface area contributed by atoms with E-state index in [4.69, 9.17) is 4.74 Å². The molecule has 1 amide bonds. The fourth-order valence-corrected chi connectivity index (χ4v) is 3.70. The highest BCUT2D eigenvalue weighted by molar-refractivity contribution is 5.89. The van der Waals surface area contributed by atoms with Crippen LogP contribution in [0.1, 0.15) is 5.56 Å². The fraction of sp³-hybridized carbons (Fsp3) is 0.208. The van der Waals surface area contributed by atoms with E-state index in [0.29, 0.717) is 13.1 Å². The van der Waals surface area contributed by atoms with Gasteiger partial charge >= 0.3 is 6.09 Å². The molecular formula is C24H24N2O2. The lowest BCUT2D eigenvalue weighted by Crippen LogP contribution is -2.32. The molecule has 4 nitrogen and oxygen atoms in total. The van der Waals surface area contributed by atoms with Crippen molar-refractivity contribution in [2.24, 2.45) is 0 Å². The van der Waals surface area contributed by atoms with Gasteiger partial charge in [0.25, 0.3) is 0 Å². The van der Waals surface area contributed by atoms with Gasteiger partial charge in [-0.3, -0.25) is 9.80 Å². The largest absolute Gasteiger partial charge is 0.443 e. The number of carbonyl (C=O) groups excluding carboxylic acids is 1. The number of benzene rings is 3. The van der Waals surface area contributed by atoms with Gasteiger partial charge in [-0.05, 0) is 35.9 Å². The number of amides is 1. The van der Waals surface area contributed by atoms with E-state index in [9.17, 15) is 4.79 Å². The second-order valence-corrected chi connectivity index (χ2v) is 7.17. The topological polar surface area (TPSA) is 32.8 Å². The molecule has 0 spiro atoms. The van der Waals surface area contributed by atoms with Gasteiger partial charge in [0.05, 0.1) is 6.54 Å². The zero-order chi connectivity index (χ0) is 19.3. The van der Waals surface area contributed by atoms with Crippen LogP contribution in [0.25, 0.3) is 11.1 Å². The van der Waals surface area contributed by atoms with Gasteiger partial charge in [-0.1, -0.05) is 72.8 Å². The van der Waals surface area contributed by atoms with Crippen molar-refractivity contribution in [3.63, 3.8) is 0 Å². The van der Waals surface area contributed by atoms with Crippen LogP contribution < -0.4 is 4.90 Å². The molecule has 3 aromatic carbocycles. The summed E-state index contributed by atoms with van der Waals surface area (Å²) in [5.74, 6) is 0. The first kappa shape index (κ1) is 18.3. The number of nitrogens with zero attached hydrogens (tertiary/aromatic N) is 2. The van der Waals surface area contributed by atoms with E-state index in [0.717, 1.165) is 12.2 Å². The van der Waals surface area contributed by atoms with Gasteiger partial charge in [-0.25, -0.2) is 4.79 Å². The average molecular weight is 372 g/mol. The number of likely N-dealkylation sites (N-methyl/N-ethyl adjacent to an activating group) is 1. The SMILES string of the molecule is CN(Cc1ccccc1-c1ccccc1)CC1CN(c2ccccc2)C(=O)O1. The van der Waals surface area contributed by atoms with Crippen LogP contribution in [-0.4, -0.2) is 37.2 Å². The van der Waals surface area contributed by atoms with Crippen molar-refractivity contribution in [2.45, 2.75) is 12.6 Å². The maximum Gasteiger partial charge on any atom is 0.414 e. The summed E-state index contributed by atoms with van der Waals surface area (Å²) in [4.78, 5) is 16.2. The first-order valence-electron chi connectivity index (χ1n) is 9.56. The van der Waals surface area contributed by atoms with Crippen LogP contribution in [-0.2, 0) is 11.3 Å². The highest BCUT2D eigenvalue weighted by Gasteiger charge is 2.32. The zero-order valence-corrected chi connectivity index (χ0v) is 16.0. The van der Waals surface area contributed by atoms with Crippen molar-refractivity contribution in [3.05, 3.63) is 90.5 Å². The van der Waals surface area contributed by atoms with Crippen molar-refractivity contribution in [2.75, 3.05) is 25.0 Å². The molecule has 1 unspecified atom stereocenters. The third-order valence-corrected chi connectivity index (χ3v) is 5.00. The molecule has 4 rings (SSSR count). The quantitative estimate of drug-likeness (QED) is 0.622. The number of carbonyl (C=O) groups is 1. The monoisotopic (exact) mass is 372 g/mol. The molecule has 0 aliphatic carbocycles. The summed E-state index contributed by atoms with van der Waals surface area (Å²) in [5, 5.41) is 0. The number of ether oxygens (including phenoxy) is 1.